The van der Waals surface area contributed by atoms with Crippen molar-refractivity contribution in [1.29, 1.82) is 5.26 Å². The number of hydrogen-bond acceptors (Lipinski definition) is 4. The number of hydrogen-bond donors (Lipinski definition) is 1. The molecule has 1 aromatic heterocycles. The summed E-state index contributed by atoms with van der Waals surface area (Å²) in [5.41, 5.74) is 6.63. The molecule has 3 aromatic carbocycles. The van der Waals surface area contributed by atoms with Gasteiger partial charge < -0.3 is 5.32 Å². The maximum Gasteiger partial charge on any atom is 0.237 e. The molecule has 0 aliphatic heterocycles. The van der Waals surface area contributed by atoms with Crippen molar-refractivity contribution in [3.63, 3.8) is 0 Å². The number of aromatic nitrogens is 1. The highest BCUT2D eigenvalue weighted by Gasteiger charge is 2.22. The highest BCUT2D eigenvalue weighted by Crippen LogP contribution is 2.36. The molecule has 0 saturated carbocycles. The van der Waals surface area contributed by atoms with Crippen LogP contribution in [0.15, 0.2) is 83.9 Å². The van der Waals surface area contributed by atoms with Gasteiger partial charge in [-0.15, -0.1) is 0 Å². The zero-order valence-corrected chi connectivity index (χ0v) is 21.2. The monoisotopic (exact) mass is 497 g/mol. The molecule has 1 unspecified atom stereocenters. The second kappa shape index (κ2) is 10.8. The summed E-state index contributed by atoms with van der Waals surface area (Å²) in [5, 5.41) is 13.8. The number of nitriles is 1. The third-order valence-electron chi connectivity index (χ3n) is 5.66. The van der Waals surface area contributed by atoms with Crippen LogP contribution in [0.25, 0.3) is 22.4 Å². The summed E-state index contributed by atoms with van der Waals surface area (Å²) in [6, 6.07) is 27.4. The maximum atomic E-state index is 13.0. The van der Waals surface area contributed by atoms with E-state index in [2.05, 4.69) is 11.4 Å². The van der Waals surface area contributed by atoms with Crippen LogP contribution in [0.1, 0.15) is 23.6 Å². The van der Waals surface area contributed by atoms with Crippen LogP contribution in [0.5, 0.6) is 0 Å². The molecule has 35 heavy (non-hydrogen) atoms. The van der Waals surface area contributed by atoms with E-state index in [-0.39, 0.29) is 5.91 Å². The van der Waals surface area contributed by atoms with Crippen molar-refractivity contribution in [1.82, 2.24) is 4.98 Å². The highest BCUT2D eigenvalue weighted by molar-refractivity contribution is 8.00. The predicted octanol–water partition coefficient (Wildman–Crippen LogP) is 7.68. The zero-order chi connectivity index (χ0) is 24.9. The van der Waals surface area contributed by atoms with Crippen molar-refractivity contribution < 1.29 is 4.79 Å². The molecule has 1 N–H and O–H groups in total. The molecule has 0 aliphatic rings. The van der Waals surface area contributed by atoms with Crippen LogP contribution in [0, 0.1) is 25.2 Å². The number of nitrogens with zero attached hydrogens (tertiary/aromatic N) is 2. The Hall–Kier alpha value is -3.59. The maximum absolute atomic E-state index is 13.0. The number of anilines is 1. The summed E-state index contributed by atoms with van der Waals surface area (Å²) in [6.45, 7) is 5.80. The lowest BCUT2D eigenvalue weighted by atomic mass is 9.99. The molecule has 4 aromatic rings. The van der Waals surface area contributed by atoms with Crippen LogP contribution in [-0.2, 0) is 4.79 Å². The Kier molecular flexibility index (Phi) is 7.55. The third kappa shape index (κ3) is 5.74. The minimum Gasteiger partial charge on any atom is -0.325 e. The van der Waals surface area contributed by atoms with E-state index in [0.717, 1.165) is 39.2 Å². The number of benzene rings is 3. The predicted molar refractivity (Wildman–Crippen MR) is 145 cm³/mol. The molecule has 1 atom stereocenters. The summed E-state index contributed by atoms with van der Waals surface area (Å²) in [4.78, 5) is 17.8. The van der Waals surface area contributed by atoms with Gasteiger partial charge in [0.2, 0.25) is 5.91 Å². The Morgan fingerprint density at radius 2 is 1.66 bits per heavy atom. The molecule has 0 bridgehead atoms. The standard InChI is InChI=1S/C29H24ClN3OS/c1-18-8-10-22(11-9-18)27-16-24(21-12-14-23(30)15-13-21)25(17-31)29(33-27)35-20(3)28(34)32-26-7-5-4-6-19(26)2/h4-16,20H,1-3H3,(H,32,34). The van der Waals surface area contributed by atoms with Crippen LogP contribution >= 0.6 is 23.4 Å². The summed E-state index contributed by atoms with van der Waals surface area (Å²) < 4.78 is 0. The molecule has 1 amide bonds. The van der Waals surface area contributed by atoms with E-state index in [0.29, 0.717) is 15.6 Å². The molecule has 0 spiro atoms. The van der Waals surface area contributed by atoms with E-state index in [1.165, 1.54) is 11.8 Å². The van der Waals surface area contributed by atoms with Crippen LogP contribution in [-0.4, -0.2) is 16.1 Å². The number of carbonyl (C=O) groups is 1. The lowest BCUT2D eigenvalue weighted by molar-refractivity contribution is -0.115. The van der Waals surface area contributed by atoms with Gasteiger partial charge in [-0.25, -0.2) is 4.98 Å². The van der Waals surface area contributed by atoms with E-state index in [1.807, 2.05) is 87.5 Å². The van der Waals surface area contributed by atoms with Crippen LogP contribution in [0.2, 0.25) is 5.02 Å². The molecule has 0 aliphatic carbocycles. The van der Waals surface area contributed by atoms with Crippen LogP contribution < -0.4 is 5.32 Å². The number of carbonyl (C=O) groups excluding carboxylic acids is 1. The van der Waals surface area contributed by atoms with Gasteiger partial charge in [0.1, 0.15) is 11.1 Å². The van der Waals surface area contributed by atoms with Gasteiger partial charge in [-0.3, -0.25) is 4.79 Å². The van der Waals surface area contributed by atoms with Gasteiger partial charge in [0.05, 0.1) is 16.5 Å². The Labute approximate surface area is 215 Å². The first-order valence-corrected chi connectivity index (χ1v) is 12.4. The molecular weight excluding hydrogens is 474 g/mol. The summed E-state index contributed by atoms with van der Waals surface area (Å²) in [6.07, 6.45) is 0. The number of nitrogens with one attached hydrogen (secondary N) is 1. The molecule has 174 valence electrons. The van der Waals surface area contributed by atoms with Crippen LogP contribution in [0.4, 0.5) is 5.69 Å². The molecule has 0 saturated heterocycles. The first-order valence-electron chi connectivity index (χ1n) is 11.2. The smallest absolute Gasteiger partial charge is 0.237 e. The van der Waals surface area contributed by atoms with E-state index in [9.17, 15) is 10.1 Å². The Morgan fingerprint density at radius 3 is 2.31 bits per heavy atom. The van der Waals surface area contributed by atoms with Gasteiger partial charge in [0.25, 0.3) is 0 Å². The van der Waals surface area contributed by atoms with Crippen LogP contribution in [0.3, 0.4) is 0 Å². The lowest BCUT2D eigenvalue weighted by Crippen LogP contribution is -2.23. The SMILES string of the molecule is Cc1ccc(-c2cc(-c3ccc(Cl)cc3)c(C#N)c(SC(C)C(=O)Nc3ccccc3C)n2)cc1. The fourth-order valence-electron chi connectivity index (χ4n) is 3.61. The van der Waals surface area contributed by atoms with Gasteiger partial charge in [-0.2, -0.15) is 5.26 Å². The van der Waals surface area contributed by atoms with Crippen molar-refractivity contribution in [2.24, 2.45) is 0 Å². The lowest BCUT2D eigenvalue weighted by Gasteiger charge is -2.16. The van der Waals surface area contributed by atoms with Crippen molar-refractivity contribution >= 4 is 35.0 Å². The second-order valence-electron chi connectivity index (χ2n) is 8.28. The number of amides is 1. The number of thioether (sulfide) groups is 1. The number of halogens is 1. The van der Waals surface area contributed by atoms with E-state index in [1.54, 1.807) is 12.1 Å². The van der Waals surface area contributed by atoms with E-state index in [4.69, 9.17) is 16.6 Å². The van der Waals surface area contributed by atoms with Crippen molar-refractivity contribution in [2.45, 2.75) is 31.0 Å². The van der Waals surface area contributed by atoms with Crippen molar-refractivity contribution in [3.8, 4) is 28.5 Å². The van der Waals surface area contributed by atoms with Gasteiger partial charge in [-0.05, 0) is 56.2 Å². The fourth-order valence-corrected chi connectivity index (χ4v) is 4.66. The quantitative estimate of drug-likeness (QED) is 0.277. The molecule has 1 heterocycles. The Balaban J connectivity index is 1.75. The number of aryl methyl sites for hydroxylation is 2. The highest BCUT2D eigenvalue weighted by atomic mass is 35.5. The first-order chi connectivity index (χ1) is 16.9. The average Bonchev–Trinajstić information content (AvgIpc) is 2.86. The summed E-state index contributed by atoms with van der Waals surface area (Å²) in [5.74, 6) is -0.149. The van der Waals surface area contributed by atoms with E-state index < -0.39 is 5.25 Å². The van der Waals surface area contributed by atoms with Gasteiger partial charge in [0.15, 0.2) is 0 Å². The minimum absolute atomic E-state index is 0.149. The average molecular weight is 498 g/mol. The molecule has 4 rings (SSSR count). The van der Waals surface area contributed by atoms with E-state index >= 15 is 0 Å². The third-order valence-corrected chi connectivity index (χ3v) is 7.00. The summed E-state index contributed by atoms with van der Waals surface area (Å²) in [7, 11) is 0. The Morgan fingerprint density at radius 1 is 1.00 bits per heavy atom. The molecule has 0 radical (unpaired) electrons. The van der Waals surface area contributed by atoms with Gasteiger partial charge in [0, 0.05) is 21.8 Å². The second-order valence-corrected chi connectivity index (χ2v) is 10.1. The van der Waals surface area contributed by atoms with Crippen molar-refractivity contribution in [3.05, 3.63) is 101 Å². The Bertz CT molecular complexity index is 1410. The number of para-hydroxylation sites is 1. The zero-order valence-electron chi connectivity index (χ0n) is 19.7. The van der Waals surface area contributed by atoms with Gasteiger partial charge in [-0.1, -0.05) is 83.5 Å². The minimum atomic E-state index is -0.472. The molecule has 6 heteroatoms. The topological polar surface area (TPSA) is 65.8 Å². The normalized spacial score (nSPS) is 11.5. The molecule has 0 fully saturated rings. The number of pyridine rings is 1. The van der Waals surface area contributed by atoms with Gasteiger partial charge >= 0.3 is 0 Å². The molecular formula is C29H24ClN3OS. The summed E-state index contributed by atoms with van der Waals surface area (Å²) >= 11 is 7.38. The number of rotatable bonds is 6. The fraction of sp³-hybridized carbons (Fsp3) is 0.138. The first kappa shape index (κ1) is 24.5. The largest absolute Gasteiger partial charge is 0.325 e. The molecule has 4 nitrogen and oxygen atoms in total. The van der Waals surface area contributed by atoms with Crippen molar-refractivity contribution in [2.75, 3.05) is 5.32 Å².